The first-order chi connectivity index (χ1) is 13.3. The van der Waals surface area contributed by atoms with Crippen LogP contribution < -0.4 is 5.73 Å². The predicted molar refractivity (Wildman–Crippen MR) is 101 cm³/mol. The highest BCUT2D eigenvalue weighted by Crippen LogP contribution is 2.39. The van der Waals surface area contributed by atoms with E-state index in [0.29, 0.717) is 29.7 Å². The van der Waals surface area contributed by atoms with Gasteiger partial charge in [-0.25, -0.2) is 4.79 Å². The number of nitrogens with zero attached hydrogens (tertiary/aromatic N) is 3. The Morgan fingerprint density at radius 2 is 1.96 bits per heavy atom. The number of hydrogen-bond acceptors (Lipinski definition) is 7. The summed E-state index contributed by atoms with van der Waals surface area (Å²) in [6, 6.07) is 3.97. The molecule has 10 nitrogen and oxygen atoms in total. The normalized spacial score (nSPS) is 13.7. The number of ether oxygens (including phenoxy) is 1. The number of rotatable bonds is 5. The Bertz CT molecular complexity index is 1080. The molecule has 10 heteroatoms. The van der Waals surface area contributed by atoms with Crippen LogP contribution in [-0.4, -0.2) is 27.0 Å². The topological polar surface area (TPSA) is 144 Å². The molecule has 0 saturated carbocycles. The van der Waals surface area contributed by atoms with E-state index in [4.69, 9.17) is 10.5 Å². The van der Waals surface area contributed by atoms with Gasteiger partial charge in [0.25, 0.3) is 0 Å². The molecule has 0 radical (unpaired) electrons. The second-order valence-corrected chi connectivity index (χ2v) is 6.11. The van der Waals surface area contributed by atoms with Crippen molar-refractivity contribution in [1.29, 1.82) is 0 Å². The molecule has 146 valence electrons. The standard InChI is InChI=1S/C18H18N4O6/c1-3-10-7-8-20-12-5-6-13(21(24)25)17(22(26)27)11(12)9-14(20)16(19)15(10)18(23)28-4-2/h5-7,9H,3-4,8,19H2,1-2H3. The number of carbonyl (C=O) groups excluding carboxylic acids is 1. The molecule has 2 N–H and O–H groups in total. The lowest BCUT2D eigenvalue weighted by atomic mass is 10.0. The SMILES string of the molecule is CCOC(=O)C1=C(N)c2cc3c([N+](=O)[O-])c([N+](=O)[O-])ccc3n2CC=C1CC. The van der Waals surface area contributed by atoms with E-state index in [1.807, 2.05) is 13.0 Å². The zero-order chi connectivity index (χ0) is 20.6. The third-order valence-electron chi connectivity index (χ3n) is 4.66. The maximum Gasteiger partial charge on any atom is 0.355 e. The largest absolute Gasteiger partial charge is 0.462 e. The number of fused-ring (bicyclic) bond motifs is 3. The number of esters is 1. The van der Waals surface area contributed by atoms with Crippen molar-refractivity contribution in [3.63, 3.8) is 0 Å². The minimum Gasteiger partial charge on any atom is -0.462 e. The van der Waals surface area contributed by atoms with Crippen molar-refractivity contribution in [3.8, 4) is 0 Å². The molecule has 0 atom stereocenters. The van der Waals surface area contributed by atoms with Crippen molar-refractivity contribution in [2.75, 3.05) is 6.61 Å². The first-order valence-electron chi connectivity index (χ1n) is 8.63. The maximum absolute atomic E-state index is 12.5. The van der Waals surface area contributed by atoms with Gasteiger partial charge in [0.1, 0.15) is 0 Å². The molecular weight excluding hydrogens is 368 g/mol. The Labute approximate surface area is 159 Å². The predicted octanol–water partition coefficient (Wildman–Crippen LogP) is 3.04. The summed E-state index contributed by atoms with van der Waals surface area (Å²) in [5.74, 6) is -0.577. The van der Waals surface area contributed by atoms with Gasteiger partial charge in [-0.1, -0.05) is 13.0 Å². The summed E-state index contributed by atoms with van der Waals surface area (Å²) in [4.78, 5) is 33.6. The molecule has 0 fully saturated rings. The fraction of sp³-hybridized carbons (Fsp3) is 0.278. The van der Waals surface area contributed by atoms with Crippen molar-refractivity contribution < 1.29 is 19.4 Å². The Kier molecular flexibility index (Phi) is 4.87. The number of carbonyl (C=O) groups is 1. The van der Waals surface area contributed by atoms with Gasteiger partial charge in [-0.3, -0.25) is 20.2 Å². The lowest BCUT2D eigenvalue weighted by molar-refractivity contribution is -0.421. The number of nitro groups is 2. The van der Waals surface area contributed by atoms with Gasteiger partial charge in [-0.15, -0.1) is 0 Å². The minimum absolute atomic E-state index is 0.0914. The number of benzene rings is 1. The van der Waals surface area contributed by atoms with Crippen molar-refractivity contribution in [2.45, 2.75) is 26.8 Å². The summed E-state index contributed by atoms with van der Waals surface area (Å²) in [6.45, 7) is 4.04. The van der Waals surface area contributed by atoms with Crippen LogP contribution >= 0.6 is 0 Å². The molecule has 28 heavy (non-hydrogen) atoms. The zero-order valence-electron chi connectivity index (χ0n) is 15.3. The summed E-state index contributed by atoms with van der Waals surface area (Å²) < 4.78 is 6.81. The second kappa shape index (κ2) is 7.14. The second-order valence-electron chi connectivity index (χ2n) is 6.11. The summed E-state index contributed by atoms with van der Waals surface area (Å²) in [5, 5.41) is 22.8. The Morgan fingerprint density at radius 1 is 1.25 bits per heavy atom. The molecule has 0 bridgehead atoms. The van der Waals surface area contributed by atoms with E-state index >= 15 is 0 Å². The highest BCUT2D eigenvalue weighted by molar-refractivity contribution is 6.04. The molecule has 0 saturated heterocycles. The van der Waals surface area contributed by atoms with Gasteiger partial charge in [-0.05, 0) is 31.1 Å². The highest BCUT2D eigenvalue weighted by atomic mass is 16.6. The zero-order valence-corrected chi connectivity index (χ0v) is 15.3. The summed E-state index contributed by atoms with van der Waals surface area (Å²) in [6.07, 6.45) is 2.35. The van der Waals surface area contributed by atoms with Crippen LogP contribution in [0.25, 0.3) is 16.6 Å². The van der Waals surface area contributed by atoms with Crippen LogP contribution in [0.2, 0.25) is 0 Å². The Hall–Kier alpha value is -3.69. The van der Waals surface area contributed by atoms with E-state index in [1.54, 1.807) is 11.5 Å². The lowest BCUT2D eigenvalue weighted by Crippen LogP contribution is -2.15. The van der Waals surface area contributed by atoms with Gasteiger partial charge in [0.15, 0.2) is 0 Å². The van der Waals surface area contributed by atoms with E-state index in [0.717, 1.165) is 6.07 Å². The maximum atomic E-state index is 12.5. The number of hydrogen-bond donors (Lipinski definition) is 1. The van der Waals surface area contributed by atoms with Crippen molar-refractivity contribution in [1.82, 2.24) is 4.57 Å². The van der Waals surface area contributed by atoms with Crippen LogP contribution in [0.1, 0.15) is 26.0 Å². The molecule has 2 heterocycles. The summed E-state index contributed by atoms with van der Waals surface area (Å²) in [5.41, 5.74) is 6.93. The first kappa shape index (κ1) is 19.1. The molecule has 1 aromatic heterocycles. The number of nitro benzene ring substituents is 2. The van der Waals surface area contributed by atoms with E-state index in [-0.39, 0.29) is 23.3 Å². The average molecular weight is 386 g/mol. The Morgan fingerprint density at radius 3 is 2.54 bits per heavy atom. The van der Waals surface area contributed by atoms with Gasteiger partial charge in [-0.2, -0.15) is 0 Å². The number of aromatic nitrogens is 1. The number of allylic oxidation sites excluding steroid dienone is 1. The third kappa shape index (κ3) is 2.88. The van der Waals surface area contributed by atoms with Crippen LogP contribution in [0.5, 0.6) is 0 Å². The van der Waals surface area contributed by atoms with Crippen LogP contribution in [0.4, 0.5) is 11.4 Å². The fourth-order valence-electron chi connectivity index (χ4n) is 3.44. The molecule has 1 aliphatic heterocycles. The Balaban J connectivity index is 2.35. The monoisotopic (exact) mass is 386 g/mol. The van der Waals surface area contributed by atoms with Crippen molar-refractivity contribution in [2.24, 2.45) is 5.73 Å². The summed E-state index contributed by atoms with van der Waals surface area (Å²) in [7, 11) is 0. The van der Waals surface area contributed by atoms with Crippen LogP contribution in [0, 0.1) is 20.2 Å². The van der Waals surface area contributed by atoms with E-state index in [9.17, 15) is 25.0 Å². The van der Waals surface area contributed by atoms with Gasteiger partial charge in [0.05, 0.1) is 44.3 Å². The molecular formula is C18H18N4O6. The molecule has 3 rings (SSSR count). The van der Waals surface area contributed by atoms with Gasteiger partial charge in [0.2, 0.25) is 0 Å². The van der Waals surface area contributed by atoms with E-state index in [2.05, 4.69) is 0 Å². The number of nitrogens with two attached hydrogens (primary N) is 1. The van der Waals surface area contributed by atoms with Gasteiger partial charge < -0.3 is 15.0 Å². The molecule has 0 aliphatic carbocycles. The molecule has 2 aromatic rings. The van der Waals surface area contributed by atoms with Crippen LogP contribution in [-0.2, 0) is 16.1 Å². The van der Waals surface area contributed by atoms with Crippen molar-refractivity contribution in [3.05, 3.63) is 61.3 Å². The van der Waals surface area contributed by atoms with Gasteiger partial charge in [0, 0.05) is 12.6 Å². The van der Waals surface area contributed by atoms with Gasteiger partial charge >= 0.3 is 17.3 Å². The molecule has 0 amide bonds. The minimum atomic E-state index is -0.793. The van der Waals surface area contributed by atoms with Crippen LogP contribution in [0.3, 0.4) is 0 Å². The van der Waals surface area contributed by atoms with Crippen LogP contribution in [0.15, 0.2) is 35.4 Å². The quantitative estimate of drug-likeness (QED) is 0.472. The smallest absolute Gasteiger partial charge is 0.355 e. The average Bonchev–Trinajstić information content (AvgIpc) is 2.95. The third-order valence-corrected chi connectivity index (χ3v) is 4.66. The molecule has 1 aliphatic rings. The van der Waals surface area contributed by atoms with Crippen molar-refractivity contribution >= 4 is 33.9 Å². The lowest BCUT2D eigenvalue weighted by Gasteiger charge is -2.11. The molecule has 0 unspecified atom stereocenters. The fourth-order valence-corrected chi connectivity index (χ4v) is 3.44. The summed E-state index contributed by atoms with van der Waals surface area (Å²) >= 11 is 0. The van der Waals surface area contributed by atoms with E-state index in [1.165, 1.54) is 12.1 Å². The first-order valence-corrected chi connectivity index (χ1v) is 8.63. The highest BCUT2D eigenvalue weighted by Gasteiger charge is 2.32. The molecule has 1 aromatic carbocycles. The molecule has 0 spiro atoms. The van der Waals surface area contributed by atoms with E-state index < -0.39 is 27.2 Å².